The van der Waals surface area contributed by atoms with Gasteiger partial charge >= 0.3 is 0 Å². The van der Waals surface area contributed by atoms with Crippen molar-refractivity contribution in [1.29, 1.82) is 0 Å². The van der Waals surface area contributed by atoms with Crippen LogP contribution in [0.1, 0.15) is 57.9 Å². The zero-order valence-corrected chi connectivity index (χ0v) is 16.5. The molecule has 5 nitrogen and oxygen atoms in total. The molecule has 2 aromatic rings. The van der Waals surface area contributed by atoms with E-state index in [-0.39, 0.29) is 29.0 Å². The van der Waals surface area contributed by atoms with Crippen molar-refractivity contribution in [3.05, 3.63) is 27.1 Å². The van der Waals surface area contributed by atoms with Crippen LogP contribution in [0.15, 0.2) is 11.1 Å². The highest BCUT2D eigenvalue weighted by atomic mass is 32.1. The molecule has 0 aromatic carbocycles. The predicted octanol–water partition coefficient (Wildman–Crippen LogP) is 3.28. The molecule has 0 saturated heterocycles. The molecule has 0 aliphatic heterocycles. The molecule has 0 fully saturated rings. The summed E-state index contributed by atoms with van der Waals surface area (Å²) in [5.74, 6) is -0.149. The molecule has 136 valence electrons. The fraction of sp³-hybridized carbons (Fsp3) is 0.632. The average Bonchev–Trinajstić information content (AvgIpc) is 2.98. The van der Waals surface area contributed by atoms with Gasteiger partial charge in [-0.2, -0.15) is 0 Å². The molecule has 0 atom stereocenters. The number of amides is 1. The van der Waals surface area contributed by atoms with Crippen molar-refractivity contribution in [1.82, 2.24) is 14.9 Å². The van der Waals surface area contributed by atoms with Crippen molar-refractivity contribution in [2.45, 2.75) is 72.4 Å². The van der Waals surface area contributed by atoms with E-state index in [1.807, 2.05) is 13.8 Å². The lowest BCUT2D eigenvalue weighted by Crippen LogP contribution is -2.47. The number of hydrogen-bond donors (Lipinski definition) is 1. The van der Waals surface area contributed by atoms with Gasteiger partial charge in [0.1, 0.15) is 11.4 Å². The second-order valence-electron chi connectivity index (χ2n) is 8.88. The standard InChI is InChI=1S/C19H27N3O2S/c1-18(2,3)10-19(4,5)21-14(23)9-22-11-20-16-15(17(22)24)12-7-6-8-13(12)25-16/h11H,6-10H2,1-5H3,(H,21,23). The van der Waals surface area contributed by atoms with Gasteiger partial charge in [0.2, 0.25) is 5.91 Å². The van der Waals surface area contributed by atoms with Crippen LogP contribution >= 0.6 is 11.3 Å². The Labute approximate surface area is 152 Å². The van der Waals surface area contributed by atoms with E-state index in [0.29, 0.717) is 0 Å². The van der Waals surface area contributed by atoms with Gasteiger partial charge in [0.15, 0.2) is 0 Å². The zero-order chi connectivity index (χ0) is 18.4. The highest BCUT2D eigenvalue weighted by Gasteiger charge is 2.27. The van der Waals surface area contributed by atoms with E-state index in [2.05, 4.69) is 31.1 Å². The number of fused-ring (bicyclic) bond motifs is 3. The molecule has 0 spiro atoms. The molecule has 3 rings (SSSR count). The Hall–Kier alpha value is -1.69. The van der Waals surface area contributed by atoms with Gasteiger partial charge in [0, 0.05) is 10.4 Å². The van der Waals surface area contributed by atoms with E-state index in [1.165, 1.54) is 15.8 Å². The van der Waals surface area contributed by atoms with E-state index in [4.69, 9.17) is 0 Å². The first-order valence-corrected chi connectivity index (χ1v) is 9.68. The Kier molecular flexibility index (Phi) is 4.52. The van der Waals surface area contributed by atoms with Crippen LogP contribution in [0.5, 0.6) is 0 Å². The molecule has 2 aromatic heterocycles. The molecule has 0 unspecified atom stereocenters. The first-order valence-electron chi connectivity index (χ1n) is 8.86. The Balaban J connectivity index is 1.80. The molecule has 1 amide bonds. The highest BCUT2D eigenvalue weighted by molar-refractivity contribution is 7.18. The Bertz CT molecular complexity index is 871. The summed E-state index contributed by atoms with van der Waals surface area (Å²) < 4.78 is 1.44. The summed E-state index contributed by atoms with van der Waals surface area (Å²) in [7, 11) is 0. The van der Waals surface area contributed by atoms with Crippen LogP contribution in [0, 0.1) is 5.41 Å². The summed E-state index contributed by atoms with van der Waals surface area (Å²) in [4.78, 5) is 31.8. The van der Waals surface area contributed by atoms with Gasteiger partial charge in [-0.1, -0.05) is 20.8 Å². The molecule has 0 saturated carbocycles. The maximum absolute atomic E-state index is 12.8. The van der Waals surface area contributed by atoms with E-state index >= 15 is 0 Å². The second-order valence-corrected chi connectivity index (χ2v) is 9.97. The topological polar surface area (TPSA) is 64.0 Å². The van der Waals surface area contributed by atoms with E-state index in [9.17, 15) is 9.59 Å². The summed E-state index contributed by atoms with van der Waals surface area (Å²) in [6, 6.07) is 0. The molecule has 1 N–H and O–H groups in total. The van der Waals surface area contributed by atoms with Crippen LogP contribution in [0.3, 0.4) is 0 Å². The van der Waals surface area contributed by atoms with Crippen molar-refractivity contribution in [3.63, 3.8) is 0 Å². The van der Waals surface area contributed by atoms with Gasteiger partial charge in [-0.25, -0.2) is 4.98 Å². The number of nitrogens with one attached hydrogen (secondary N) is 1. The molecule has 0 radical (unpaired) electrons. The third kappa shape index (κ3) is 3.94. The number of carbonyl (C=O) groups is 1. The molecular formula is C19H27N3O2S. The third-order valence-electron chi connectivity index (χ3n) is 4.46. The molecule has 6 heteroatoms. The van der Waals surface area contributed by atoms with E-state index in [1.54, 1.807) is 11.3 Å². The summed E-state index contributed by atoms with van der Waals surface area (Å²) in [5.41, 5.74) is 0.860. The Morgan fingerprint density at radius 3 is 2.68 bits per heavy atom. The lowest BCUT2D eigenvalue weighted by atomic mass is 9.82. The fourth-order valence-corrected chi connectivity index (χ4v) is 5.29. The number of thiophene rings is 1. The van der Waals surface area contributed by atoms with Crippen molar-refractivity contribution >= 4 is 27.5 Å². The molecule has 0 bridgehead atoms. The van der Waals surface area contributed by atoms with Crippen LogP contribution in [-0.4, -0.2) is 21.0 Å². The average molecular weight is 362 g/mol. The lowest BCUT2D eigenvalue weighted by Gasteiger charge is -2.33. The van der Waals surface area contributed by atoms with Crippen LogP contribution in [0.2, 0.25) is 0 Å². The maximum atomic E-state index is 12.8. The number of rotatable bonds is 4. The largest absolute Gasteiger partial charge is 0.350 e. The van der Waals surface area contributed by atoms with Gasteiger partial charge < -0.3 is 5.32 Å². The van der Waals surface area contributed by atoms with Gasteiger partial charge in [-0.15, -0.1) is 11.3 Å². The molecule has 25 heavy (non-hydrogen) atoms. The van der Waals surface area contributed by atoms with Gasteiger partial charge in [0.25, 0.3) is 5.56 Å². The minimum Gasteiger partial charge on any atom is -0.350 e. The van der Waals surface area contributed by atoms with Crippen LogP contribution in [0.4, 0.5) is 0 Å². The van der Waals surface area contributed by atoms with Gasteiger partial charge in [-0.05, 0) is 50.5 Å². The first kappa shape index (κ1) is 18.1. The minimum atomic E-state index is -0.319. The second kappa shape index (κ2) is 6.24. The van der Waals surface area contributed by atoms with Crippen molar-refractivity contribution in [3.8, 4) is 0 Å². The van der Waals surface area contributed by atoms with Crippen molar-refractivity contribution in [2.24, 2.45) is 5.41 Å². The first-order chi connectivity index (χ1) is 11.6. The van der Waals surface area contributed by atoms with Crippen LogP contribution in [-0.2, 0) is 24.2 Å². The third-order valence-corrected chi connectivity index (χ3v) is 5.66. The molecule has 1 aliphatic rings. The lowest BCUT2D eigenvalue weighted by molar-refractivity contribution is -0.123. The van der Waals surface area contributed by atoms with Crippen LogP contribution in [0.25, 0.3) is 10.2 Å². The van der Waals surface area contributed by atoms with Crippen molar-refractivity contribution < 1.29 is 4.79 Å². The van der Waals surface area contributed by atoms with E-state index < -0.39 is 0 Å². The quantitative estimate of drug-likeness (QED) is 0.909. The predicted molar refractivity (Wildman–Crippen MR) is 102 cm³/mol. The number of carbonyl (C=O) groups excluding carboxylic acids is 1. The summed E-state index contributed by atoms with van der Waals surface area (Å²) in [5, 5.41) is 3.78. The number of hydrogen-bond acceptors (Lipinski definition) is 4. The van der Waals surface area contributed by atoms with Gasteiger partial charge in [0.05, 0.1) is 11.7 Å². The highest BCUT2D eigenvalue weighted by Crippen LogP contribution is 2.34. The summed E-state index contributed by atoms with van der Waals surface area (Å²) >= 11 is 1.62. The Morgan fingerprint density at radius 1 is 1.28 bits per heavy atom. The maximum Gasteiger partial charge on any atom is 0.262 e. The normalized spacial score (nSPS) is 14.8. The summed E-state index contributed by atoms with van der Waals surface area (Å²) in [6.45, 7) is 10.5. The van der Waals surface area contributed by atoms with Crippen molar-refractivity contribution in [2.75, 3.05) is 0 Å². The van der Waals surface area contributed by atoms with Gasteiger partial charge in [-0.3, -0.25) is 14.2 Å². The molecule has 1 aliphatic carbocycles. The Morgan fingerprint density at radius 2 is 2.00 bits per heavy atom. The molecular weight excluding hydrogens is 334 g/mol. The smallest absolute Gasteiger partial charge is 0.262 e. The monoisotopic (exact) mass is 361 g/mol. The minimum absolute atomic E-state index is 0.0139. The number of aryl methyl sites for hydroxylation is 2. The fourth-order valence-electron chi connectivity index (χ4n) is 4.07. The number of nitrogens with zero attached hydrogens (tertiary/aromatic N) is 2. The zero-order valence-electron chi connectivity index (χ0n) is 15.7. The van der Waals surface area contributed by atoms with Crippen LogP contribution < -0.4 is 10.9 Å². The summed E-state index contributed by atoms with van der Waals surface area (Å²) in [6.07, 6.45) is 5.45. The SMILES string of the molecule is CC(C)(C)CC(C)(C)NC(=O)Cn1cnc2sc3c(c2c1=O)CCC3. The number of aromatic nitrogens is 2. The van der Waals surface area contributed by atoms with E-state index in [0.717, 1.165) is 41.5 Å². The molecule has 2 heterocycles.